The molecule has 5 aromatic rings. The van der Waals surface area contributed by atoms with E-state index in [0.717, 1.165) is 24.0 Å². The Balaban J connectivity index is 1.07. The van der Waals surface area contributed by atoms with E-state index < -0.39 is 29.4 Å². The fraction of sp³-hybridized carbons (Fsp3) is 0.268. The summed E-state index contributed by atoms with van der Waals surface area (Å²) in [6.07, 6.45) is 1.68. The van der Waals surface area contributed by atoms with Crippen molar-refractivity contribution >= 4 is 52.6 Å². The molecule has 0 aliphatic heterocycles. The largest absolute Gasteiger partial charge is 0.458 e. The van der Waals surface area contributed by atoms with Crippen LogP contribution in [0.1, 0.15) is 53.7 Å². The van der Waals surface area contributed by atoms with Crippen molar-refractivity contribution < 1.29 is 32.6 Å². The van der Waals surface area contributed by atoms with Gasteiger partial charge in [-0.3, -0.25) is 14.4 Å². The van der Waals surface area contributed by atoms with Crippen LogP contribution in [0.25, 0.3) is 0 Å². The van der Waals surface area contributed by atoms with Gasteiger partial charge in [0, 0.05) is 35.1 Å². The van der Waals surface area contributed by atoms with Gasteiger partial charge in [0.1, 0.15) is 12.4 Å². The molecule has 0 atom stereocenters. The van der Waals surface area contributed by atoms with Crippen LogP contribution in [0, 0.1) is 12.3 Å². The Morgan fingerprint density at radius 1 is 0.789 bits per heavy atom. The second-order valence-corrected chi connectivity index (χ2v) is 14.8. The van der Waals surface area contributed by atoms with Crippen molar-refractivity contribution in [3.63, 3.8) is 0 Å². The molecular formula is C41H41ClF2N8O5. The van der Waals surface area contributed by atoms with Crippen LogP contribution in [0.2, 0.25) is 5.02 Å². The van der Waals surface area contributed by atoms with Gasteiger partial charge in [-0.2, -0.15) is 23.7 Å². The van der Waals surface area contributed by atoms with E-state index in [-0.39, 0.29) is 49.3 Å². The number of rotatable bonds is 16. The third-order valence-corrected chi connectivity index (χ3v) is 9.26. The third kappa shape index (κ3) is 11.6. The van der Waals surface area contributed by atoms with Crippen molar-refractivity contribution in [3.8, 4) is 11.8 Å². The summed E-state index contributed by atoms with van der Waals surface area (Å²) < 4.78 is 35.5. The van der Waals surface area contributed by atoms with Gasteiger partial charge >= 0.3 is 24.4 Å². The van der Waals surface area contributed by atoms with Crippen LogP contribution in [-0.4, -0.2) is 52.4 Å². The van der Waals surface area contributed by atoms with Crippen molar-refractivity contribution in [2.75, 3.05) is 29.0 Å². The van der Waals surface area contributed by atoms with E-state index in [4.69, 9.17) is 16.3 Å². The minimum atomic E-state index is -2.93. The van der Waals surface area contributed by atoms with Gasteiger partial charge in [0.2, 0.25) is 11.9 Å². The molecule has 57 heavy (non-hydrogen) atoms. The Kier molecular flexibility index (Phi) is 12.5. The molecule has 4 aromatic carbocycles. The Bertz CT molecular complexity index is 2190. The van der Waals surface area contributed by atoms with Gasteiger partial charge in [0.15, 0.2) is 0 Å². The highest BCUT2D eigenvalue weighted by molar-refractivity contribution is 6.39. The smallest absolute Gasteiger partial charge is 0.387 e. The standard InChI is InChI=1S/C41H41ClF2N8O5/c1-25-4-14-30(15-5-25)47-35(55)34(54)46-24-40(2,3)23-45-33(53)27-8-16-31(17-9-27)48-37-49-38(52-41(20-21-41)28-10-12-29(42)13-11-28)51-39(50-37)56-22-26-6-18-32(19-7-26)57-36(43)44/h4-19,36H,20-24H2,1-3H3,(H,45,53)(H,46,54)(H,47,55)(H2,48,49,50,51,52). The monoisotopic (exact) mass is 798 g/mol. The van der Waals surface area contributed by atoms with Crippen molar-refractivity contribution in [1.82, 2.24) is 25.6 Å². The molecule has 1 aliphatic carbocycles. The Morgan fingerprint density at radius 2 is 1.42 bits per heavy atom. The second-order valence-electron chi connectivity index (χ2n) is 14.3. The zero-order valence-corrected chi connectivity index (χ0v) is 32.1. The molecule has 1 aliphatic rings. The number of aromatic nitrogens is 3. The molecule has 0 saturated heterocycles. The van der Waals surface area contributed by atoms with Crippen molar-refractivity contribution in [2.24, 2.45) is 5.41 Å². The number of aryl methyl sites for hydroxylation is 1. The SMILES string of the molecule is Cc1ccc(NC(=O)C(=O)NCC(C)(C)CNC(=O)c2ccc(Nc3nc(NC4(c5ccc(Cl)cc5)CC4)nc(OCc4ccc(OC(F)F)cc4)n3)cc2)cc1. The minimum Gasteiger partial charge on any atom is -0.458 e. The molecule has 296 valence electrons. The zero-order chi connectivity index (χ0) is 40.6. The molecule has 16 heteroatoms. The number of halogens is 3. The van der Waals surface area contributed by atoms with Crippen molar-refractivity contribution in [1.29, 1.82) is 0 Å². The predicted octanol–water partition coefficient (Wildman–Crippen LogP) is 7.37. The topological polar surface area (TPSA) is 168 Å². The predicted molar refractivity (Wildman–Crippen MR) is 212 cm³/mol. The zero-order valence-electron chi connectivity index (χ0n) is 31.4. The molecule has 3 amide bonds. The van der Waals surface area contributed by atoms with E-state index in [9.17, 15) is 23.2 Å². The van der Waals surface area contributed by atoms with Crippen LogP contribution in [0.5, 0.6) is 11.8 Å². The van der Waals surface area contributed by atoms with Crippen LogP contribution in [0.15, 0.2) is 97.1 Å². The molecule has 5 N–H and O–H groups in total. The molecule has 1 aromatic heterocycles. The number of carbonyl (C=O) groups is 3. The molecule has 1 fully saturated rings. The maximum atomic E-state index is 13.1. The molecule has 1 saturated carbocycles. The van der Waals surface area contributed by atoms with Gasteiger partial charge in [-0.15, -0.1) is 0 Å². The fourth-order valence-electron chi connectivity index (χ4n) is 5.58. The van der Waals surface area contributed by atoms with Gasteiger partial charge in [0.25, 0.3) is 5.91 Å². The number of carbonyl (C=O) groups excluding carboxylic acids is 3. The molecular weight excluding hydrogens is 758 g/mol. The molecule has 13 nitrogen and oxygen atoms in total. The first-order chi connectivity index (χ1) is 27.2. The van der Waals surface area contributed by atoms with Crippen LogP contribution >= 0.6 is 11.6 Å². The number of nitrogens with zero attached hydrogens (tertiary/aromatic N) is 3. The Hall–Kier alpha value is -6.35. The number of hydrogen-bond donors (Lipinski definition) is 5. The summed E-state index contributed by atoms with van der Waals surface area (Å²) in [4.78, 5) is 51.4. The maximum absolute atomic E-state index is 13.1. The lowest BCUT2D eigenvalue weighted by atomic mass is 9.93. The first-order valence-corrected chi connectivity index (χ1v) is 18.4. The first kappa shape index (κ1) is 40.3. The molecule has 0 spiro atoms. The molecule has 0 unspecified atom stereocenters. The van der Waals surface area contributed by atoms with E-state index in [2.05, 4.69) is 46.3 Å². The Morgan fingerprint density at radius 3 is 2.07 bits per heavy atom. The van der Waals surface area contributed by atoms with Gasteiger partial charge in [-0.1, -0.05) is 67.4 Å². The van der Waals surface area contributed by atoms with Gasteiger partial charge in [-0.05, 0) is 97.0 Å². The van der Waals surface area contributed by atoms with Crippen molar-refractivity contribution in [2.45, 2.75) is 52.4 Å². The van der Waals surface area contributed by atoms with E-state index >= 15 is 0 Å². The lowest BCUT2D eigenvalue weighted by Gasteiger charge is -2.25. The Labute approximate surface area is 333 Å². The van der Waals surface area contributed by atoms with Gasteiger partial charge < -0.3 is 36.1 Å². The average Bonchev–Trinajstić information content (AvgIpc) is 3.97. The summed E-state index contributed by atoms with van der Waals surface area (Å²) in [6, 6.07) is 27.4. The lowest BCUT2D eigenvalue weighted by molar-refractivity contribution is -0.136. The molecule has 6 rings (SSSR count). The summed E-state index contributed by atoms with van der Waals surface area (Å²) in [5.41, 5.74) is 3.25. The van der Waals surface area contributed by atoms with Gasteiger partial charge in [-0.25, -0.2) is 0 Å². The third-order valence-electron chi connectivity index (χ3n) is 9.00. The van der Waals surface area contributed by atoms with Crippen LogP contribution in [0.3, 0.4) is 0 Å². The average molecular weight is 799 g/mol. The van der Waals surface area contributed by atoms with E-state index in [1.165, 1.54) is 12.1 Å². The van der Waals surface area contributed by atoms with Crippen LogP contribution < -0.4 is 36.1 Å². The van der Waals surface area contributed by atoms with E-state index in [1.54, 1.807) is 48.5 Å². The number of ether oxygens (including phenoxy) is 2. The van der Waals surface area contributed by atoms with Crippen LogP contribution in [0.4, 0.5) is 32.1 Å². The highest BCUT2D eigenvalue weighted by Gasteiger charge is 2.45. The fourth-order valence-corrected chi connectivity index (χ4v) is 5.71. The highest BCUT2D eigenvalue weighted by Crippen LogP contribution is 2.48. The minimum absolute atomic E-state index is 0.0107. The second kappa shape index (κ2) is 17.6. The van der Waals surface area contributed by atoms with E-state index in [0.29, 0.717) is 27.5 Å². The first-order valence-electron chi connectivity index (χ1n) is 18.0. The number of amides is 3. The van der Waals surface area contributed by atoms with Gasteiger partial charge in [0.05, 0.1) is 5.54 Å². The van der Waals surface area contributed by atoms with Crippen LogP contribution in [-0.2, 0) is 21.7 Å². The summed E-state index contributed by atoms with van der Waals surface area (Å²) in [7, 11) is 0. The lowest BCUT2D eigenvalue weighted by Crippen LogP contribution is -2.44. The van der Waals surface area contributed by atoms with Crippen molar-refractivity contribution in [3.05, 3.63) is 124 Å². The van der Waals surface area contributed by atoms with E-state index in [1.807, 2.05) is 57.2 Å². The maximum Gasteiger partial charge on any atom is 0.387 e. The number of benzene rings is 4. The molecule has 0 bridgehead atoms. The number of hydrogen-bond acceptors (Lipinski definition) is 10. The summed E-state index contributed by atoms with van der Waals surface area (Å²) in [5, 5.41) is 15.3. The molecule has 1 heterocycles. The number of alkyl halides is 2. The number of nitrogens with one attached hydrogen (secondary N) is 5. The quantitative estimate of drug-likeness (QED) is 0.0636. The summed E-state index contributed by atoms with van der Waals surface area (Å²) in [5.74, 6) is -1.43. The summed E-state index contributed by atoms with van der Waals surface area (Å²) in [6.45, 7) is 3.12. The molecule has 0 radical (unpaired) electrons. The normalized spacial score (nSPS) is 13.0. The summed E-state index contributed by atoms with van der Waals surface area (Å²) >= 11 is 6.13. The highest BCUT2D eigenvalue weighted by atomic mass is 35.5. The number of anilines is 4.